The summed E-state index contributed by atoms with van der Waals surface area (Å²) in [5.41, 5.74) is 1.17. The van der Waals surface area contributed by atoms with Crippen LogP contribution < -0.4 is 10.1 Å². The molecule has 1 aromatic rings. The standard InChI is InChI=1S/C19H28N4O2S/c1-25-17-6-4-16(5-7-17)14-20-19(26)23-12-10-21(11-13-23)15-18(24)22-8-2-3-9-22/h4-7H,2-3,8-15H2,1H3,(H,20,26). The van der Waals surface area contributed by atoms with Crippen molar-refractivity contribution in [3.05, 3.63) is 29.8 Å². The van der Waals surface area contributed by atoms with Gasteiger partial charge in [-0.2, -0.15) is 0 Å². The van der Waals surface area contributed by atoms with Crippen LogP contribution in [0.15, 0.2) is 24.3 Å². The van der Waals surface area contributed by atoms with E-state index in [0.29, 0.717) is 13.1 Å². The van der Waals surface area contributed by atoms with Gasteiger partial charge in [-0.05, 0) is 42.8 Å². The Morgan fingerprint density at radius 1 is 1.04 bits per heavy atom. The summed E-state index contributed by atoms with van der Waals surface area (Å²) in [5.74, 6) is 1.13. The van der Waals surface area contributed by atoms with E-state index in [4.69, 9.17) is 17.0 Å². The van der Waals surface area contributed by atoms with Crippen molar-refractivity contribution in [3.8, 4) is 5.75 Å². The normalized spacial score (nSPS) is 18.0. The molecule has 3 rings (SSSR count). The predicted octanol–water partition coefficient (Wildman–Crippen LogP) is 1.31. The van der Waals surface area contributed by atoms with Crippen molar-refractivity contribution in [1.82, 2.24) is 20.0 Å². The van der Waals surface area contributed by atoms with Crippen LogP contribution in [0, 0.1) is 0 Å². The molecule has 142 valence electrons. The van der Waals surface area contributed by atoms with Crippen molar-refractivity contribution in [2.45, 2.75) is 19.4 Å². The number of ether oxygens (including phenoxy) is 1. The first-order valence-corrected chi connectivity index (χ1v) is 9.72. The molecule has 0 aliphatic carbocycles. The van der Waals surface area contributed by atoms with Gasteiger partial charge in [-0.15, -0.1) is 0 Å². The number of carbonyl (C=O) groups is 1. The van der Waals surface area contributed by atoms with E-state index in [0.717, 1.165) is 63.0 Å². The second-order valence-electron chi connectivity index (χ2n) is 6.86. The van der Waals surface area contributed by atoms with E-state index in [-0.39, 0.29) is 5.91 Å². The first kappa shape index (κ1) is 18.9. The molecule has 6 nitrogen and oxygen atoms in total. The van der Waals surface area contributed by atoms with Gasteiger partial charge < -0.3 is 19.9 Å². The summed E-state index contributed by atoms with van der Waals surface area (Å²) < 4.78 is 5.17. The summed E-state index contributed by atoms with van der Waals surface area (Å²) in [6.07, 6.45) is 2.29. The highest BCUT2D eigenvalue weighted by Crippen LogP contribution is 2.12. The van der Waals surface area contributed by atoms with Crippen molar-refractivity contribution in [2.75, 3.05) is 52.9 Å². The van der Waals surface area contributed by atoms with Crippen molar-refractivity contribution < 1.29 is 9.53 Å². The lowest BCUT2D eigenvalue weighted by Crippen LogP contribution is -2.53. The number of nitrogens with zero attached hydrogens (tertiary/aromatic N) is 3. The maximum atomic E-state index is 12.3. The third kappa shape index (κ3) is 5.08. The van der Waals surface area contributed by atoms with E-state index in [1.807, 2.05) is 29.2 Å². The number of hydrogen-bond acceptors (Lipinski definition) is 4. The minimum absolute atomic E-state index is 0.274. The van der Waals surface area contributed by atoms with Gasteiger partial charge in [-0.1, -0.05) is 12.1 Å². The summed E-state index contributed by atoms with van der Waals surface area (Å²) in [7, 11) is 1.67. The van der Waals surface area contributed by atoms with Crippen LogP contribution in [0.3, 0.4) is 0 Å². The number of nitrogens with one attached hydrogen (secondary N) is 1. The highest BCUT2D eigenvalue weighted by molar-refractivity contribution is 7.80. The second kappa shape index (κ2) is 9.19. The van der Waals surface area contributed by atoms with Gasteiger partial charge in [0.2, 0.25) is 5.91 Å². The van der Waals surface area contributed by atoms with Crippen LogP contribution in [0.1, 0.15) is 18.4 Å². The zero-order valence-corrected chi connectivity index (χ0v) is 16.3. The molecule has 0 saturated carbocycles. The number of methoxy groups -OCH3 is 1. The maximum Gasteiger partial charge on any atom is 0.236 e. The smallest absolute Gasteiger partial charge is 0.236 e. The van der Waals surface area contributed by atoms with Crippen LogP contribution in [0.2, 0.25) is 0 Å². The molecule has 0 atom stereocenters. The van der Waals surface area contributed by atoms with E-state index >= 15 is 0 Å². The zero-order valence-electron chi connectivity index (χ0n) is 15.4. The Bertz CT molecular complexity index is 608. The van der Waals surface area contributed by atoms with E-state index in [1.165, 1.54) is 5.56 Å². The number of amides is 1. The molecule has 2 heterocycles. The van der Waals surface area contributed by atoms with Crippen molar-refractivity contribution in [1.29, 1.82) is 0 Å². The van der Waals surface area contributed by atoms with Crippen molar-refractivity contribution in [3.63, 3.8) is 0 Å². The van der Waals surface area contributed by atoms with Crippen LogP contribution in [0.5, 0.6) is 5.75 Å². The van der Waals surface area contributed by atoms with Gasteiger partial charge in [-0.25, -0.2) is 0 Å². The van der Waals surface area contributed by atoms with Crippen molar-refractivity contribution >= 4 is 23.2 Å². The van der Waals surface area contributed by atoms with Crippen LogP contribution in [-0.2, 0) is 11.3 Å². The fourth-order valence-electron chi connectivity index (χ4n) is 3.40. The molecule has 7 heteroatoms. The van der Waals surface area contributed by atoms with E-state index < -0.39 is 0 Å². The molecule has 1 N–H and O–H groups in total. The largest absolute Gasteiger partial charge is 0.497 e. The Labute approximate surface area is 161 Å². The molecule has 1 aromatic carbocycles. The third-order valence-electron chi connectivity index (χ3n) is 5.08. The molecule has 1 amide bonds. The minimum Gasteiger partial charge on any atom is -0.497 e. The first-order valence-electron chi connectivity index (χ1n) is 9.31. The van der Waals surface area contributed by atoms with Gasteiger partial charge >= 0.3 is 0 Å². The Balaban J connectivity index is 1.38. The van der Waals surface area contributed by atoms with Gasteiger partial charge in [0, 0.05) is 45.8 Å². The number of thiocarbonyl (C=S) groups is 1. The van der Waals surface area contributed by atoms with Gasteiger partial charge in [0.25, 0.3) is 0 Å². The summed E-state index contributed by atoms with van der Waals surface area (Å²) in [4.78, 5) is 18.7. The summed E-state index contributed by atoms with van der Waals surface area (Å²) >= 11 is 5.53. The van der Waals surface area contributed by atoms with E-state index in [1.54, 1.807) is 7.11 Å². The highest BCUT2D eigenvalue weighted by Gasteiger charge is 2.24. The number of carbonyl (C=O) groups excluding carboxylic acids is 1. The predicted molar refractivity (Wildman–Crippen MR) is 106 cm³/mol. The average molecular weight is 377 g/mol. The molecule has 2 aliphatic heterocycles. The molecule has 2 saturated heterocycles. The quantitative estimate of drug-likeness (QED) is 0.782. The Morgan fingerprint density at radius 2 is 1.69 bits per heavy atom. The van der Waals surface area contributed by atoms with Gasteiger partial charge in [0.1, 0.15) is 5.75 Å². The third-order valence-corrected chi connectivity index (χ3v) is 5.48. The lowest BCUT2D eigenvalue weighted by molar-refractivity contribution is -0.131. The number of benzene rings is 1. The molecule has 2 fully saturated rings. The van der Waals surface area contributed by atoms with E-state index in [9.17, 15) is 4.79 Å². The maximum absolute atomic E-state index is 12.3. The van der Waals surface area contributed by atoms with E-state index in [2.05, 4.69) is 15.1 Å². The second-order valence-corrected chi connectivity index (χ2v) is 7.24. The summed E-state index contributed by atoms with van der Waals surface area (Å²) in [6.45, 7) is 6.59. The number of likely N-dealkylation sites (tertiary alicyclic amines) is 1. The summed E-state index contributed by atoms with van der Waals surface area (Å²) in [5, 5.41) is 4.11. The Kier molecular flexibility index (Phi) is 6.68. The first-order chi connectivity index (χ1) is 12.7. The molecular weight excluding hydrogens is 348 g/mol. The summed E-state index contributed by atoms with van der Waals surface area (Å²) in [6, 6.07) is 7.99. The molecule has 2 aliphatic rings. The van der Waals surface area contributed by atoms with Crippen LogP contribution >= 0.6 is 12.2 Å². The van der Waals surface area contributed by atoms with Crippen LogP contribution in [-0.4, -0.2) is 78.6 Å². The molecule has 0 radical (unpaired) electrons. The monoisotopic (exact) mass is 376 g/mol. The number of hydrogen-bond donors (Lipinski definition) is 1. The number of rotatable bonds is 5. The average Bonchev–Trinajstić information content (AvgIpc) is 3.22. The van der Waals surface area contributed by atoms with Gasteiger partial charge in [0.15, 0.2) is 5.11 Å². The van der Waals surface area contributed by atoms with Crippen LogP contribution in [0.25, 0.3) is 0 Å². The number of piperazine rings is 1. The minimum atomic E-state index is 0.274. The molecule has 0 unspecified atom stereocenters. The fraction of sp³-hybridized carbons (Fsp3) is 0.579. The lowest BCUT2D eigenvalue weighted by atomic mass is 10.2. The molecule has 0 aromatic heterocycles. The highest BCUT2D eigenvalue weighted by atomic mass is 32.1. The van der Waals surface area contributed by atoms with Crippen molar-refractivity contribution in [2.24, 2.45) is 0 Å². The molecule has 26 heavy (non-hydrogen) atoms. The molecular formula is C19H28N4O2S. The zero-order chi connectivity index (χ0) is 18.4. The SMILES string of the molecule is COc1ccc(CNC(=S)N2CCN(CC(=O)N3CCCC3)CC2)cc1. The van der Waals surface area contributed by atoms with Crippen LogP contribution in [0.4, 0.5) is 0 Å². The Morgan fingerprint density at radius 3 is 2.31 bits per heavy atom. The Hall–Kier alpha value is -1.86. The molecule has 0 spiro atoms. The lowest BCUT2D eigenvalue weighted by Gasteiger charge is -2.36. The van der Waals surface area contributed by atoms with Gasteiger partial charge in [-0.3, -0.25) is 9.69 Å². The fourth-order valence-corrected chi connectivity index (χ4v) is 3.65. The topological polar surface area (TPSA) is 48.1 Å². The van der Waals surface area contributed by atoms with Gasteiger partial charge in [0.05, 0.1) is 13.7 Å². The molecule has 0 bridgehead atoms.